The molecule has 0 amide bonds. The third-order valence-electron chi connectivity index (χ3n) is 4.03. The Labute approximate surface area is 127 Å². The second-order valence-electron chi connectivity index (χ2n) is 5.37. The zero-order chi connectivity index (χ0) is 14.9. The summed E-state index contributed by atoms with van der Waals surface area (Å²) < 4.78 is 13.3. The monoisotopic (exact) mass is 294 g/mol. The van der Waals surface area contributed by atoms with Gasteiger partial charge in [-0.2, -0.15) is 0 Å². The van der Waals surface area contributed by atoms with E-state index in [0.29, 0.717) is 0 Å². The highest BCUT2D eigenvalue weighted by atomic mass is 19.1. The number of hydrogen-bond donors (Lipinski definition) is 1. The van der Waals surface area contributed by atoms with Crippen molar-refractivity contribution in [2.45, 2.75) is 6.42 Å². The van der Waals surface area contributed by atoms with Gasteiger partial charge in [-0.3, -0.25) is 0 Å². The van der Waals surface area contributed by atoms with Crippen LogP contribution >= 0.6 is 0 Å². The first-order valence-corrected chi connectivity index (χ1v) is 7.29. The van der Waals surface area contributed by atoms with Crippen LogP contribution in [0.2, 0.25) is 0 Å². The number of rotatable bonds is 2. The van der Waals surface area contributed by atoms with Gasteiger partial charge in [-0.05, 0) is 36.3 Å². The molecule has 4 nitrogen and oxygen atoms in total. The third kappa shape index (κ3) is 2.24. The molecule has 2 aromatic heterocycles. The molecule has 1 aromatic carbocycles. The molecule has 1 aliphatic rings. The molecule has 0 saturated carbocycles. The maximum Gasteiger partial charge on any atom is 0.225 e. The standard InChI is InChI=1S/C17H15FN4/c18-13-2-3-14-15(11-21-16(14)10-13)12-4-8-22(9-5-12)17-19-6-1-7-20-17/h1-4,6-7,10-11,21H,5,8-9H2. The van der Waals surface area contributed by atoms with E-state index in [4.69, 9.17) is 0 Å². The largest absolute Gasteiger partial charge is 0.360 e. The Bertz CT molecular complexity index is 838. The van der Waals surface area contributed by atoms with Crippen LogP contribution in [0.4, 0.5) is 10.3 Å². The van der Waals surface area contributed by atoms with Crippen molar-refractivity contribution < 1.29 is 4.39 Å². The van der Waals surface area contributed by atoms with Crippen LogP contribution in [0.1, 0.15) is 12.0 Å². The Hall–Kier alpha value is -2.69. The zero-order valence-electron chi connectivity index (χ0n) is 12.0. The van der Waals surface area contributed by atoms with Crippen molar-refractivity contribution in [2.75, 3.05) is 18.0 Å². The number of hydrogen-bond acceptors (Lipinski definition) is 3. The summed E-state index contributed by atoms with van der Waals surface area (Å²) in [5.41, 5.74) is 3.28. The lowest BCUT2D eigenvalue weighted by molar-refractivity contribution is 0.629. The first kappa shape index (κ1) is 13.0. The second kappa shape index (κ2) is 5.26. The van der Waals surface area contributed by atoms with Crippen molar-refractivity contribution in [3.05, 3.63) is 60.3 Å². The molecule has 0 spiro atoms. The molecule has 0 fully saturated rings. The Morgan fingerprint density at radius 2 is 2.05 bits per heavy atom. The third-order valence-corrected chi connectivity index (χ3v) is 4.03. The van der Waals surface area contributed by atoms with Crippen LogP contribution in [-0.4, -0.2) is 28.0 Å². The van der Waals surface area contributed by atoms with Gasteiger partial charge in [0.05, 0.1) is 0 Å². The van der Waals surface area contributed by atoms with Gasteiger partial charge in [-0.25, -0.2) is 14.4 Å². The second-order valence-corrected chi connectivity index (χ2v) is 5.37. The van der Waals surface area contributed by atoms with Gasteiger partial charge < -0.3 is 9.88 Å². The van der Waals surface area contributed by atoms with E-state index < -0.39 is 0 Å². The van der Waals surface area contributed by atoms with Gasteiger partial charge >= 0.3 is 0 Å². The van der Waals surface area contributed by atoms with E-state index in [9.17, 15) is 4.39 Å². The molecule has 0 aliphatic carbocycles. The van der Waals surface area contributed by atoms with Crippen molar-refractivity contribution in [2.24, 2.45) is 0 Å². The minimum atomic E-state index is -0.217. The highest BCUT2D eigenvalue weighted by Crippen LogP contribution is 2.30. The van der Waals surface area contributed by atoms with E-state index >= 15 is 0 Å². The van der Waals surface area contributed by atoms with Crippen molar-refractivity contribution >= 4 is 22.4 Å². The molecule has 1 N–H and O–H groups in total. The van der Waals surface area contributed by atoms with Crippen LogP contribution in [0.5, 0.6) is 0 Å². The number of nitrogens with zero attached hydrogens (tertiary/aromatic N) is 3. The van der Waals surface area contributed by atoms with Crippen LogP contribution in [-0.2, 0) is 0 Å². The van der Waals surface area contributed by atoms with Crippen LogP contribution in [0, 0.1) is 5.82 Å². The lowest BCUT2D eigenvalue weighted by atomic mass is 9.99. The molecule has 0 unspecified atom stereocenters. The van der Waals surface area contributed by atoms with Gasteiger partial charge in [0, 0.05) is 48.1 Å². The number of H-pyrrole nitrogens is 1. The summed E-state index contributed by atoms with van der Waals surface area (Å²) in [6, 6.07) is 6.70. The fraction of sp³-hybridized carbons (Fsp3) is 0.176. The molecular weight excluding hydrogens is 279 g/mol. The van der Waals surface area contributed by atoms with Gasteiger partial charge in [0.25, 0.3) is 0 Å². The molecule has 3 heterocycles. The normalized spacial score (nSPS) is 15.1. The average Bonchev–Trinajstić information content (AvgIpc) is 2.99. The fourth-order valence-electron chi connectivity index (χ4n) is 2.91. The number of fused-ring (bicyclic) bond motifs is 1. The minimum Gasteiger partial charge on any atom is -0.360 e. The van der Waals surface area contributed by atoms with Crippen molar-refractivity contribution in [1.82, 2.24) is 15.0 Å². The number of nitrogens with one attached hydrogen (secondary N) is 1. The van der Waals surface area contributed by atoms with Crippen LogP contribution in [0.25, 0.3) is 16.5 Å². The molecule has 1 aliphatic heterocycles. The molecular formula is C17H15FN4. The molecule has 0 bridgehead atoms. The highest BCUT2D eigenvalue weighted by molar-refractivity contribution is 5.93. The highest BCUT2D eigenvalue weighted by Gasteiger charge is 2.17. The molecule has 0 radical (unpaired) electrons. The van der Waals surface area contributed by atoms with E-state index in [1.165, 1.54) is 17.7 Å². The molecule has 22 heavy (non-hydrogen) atoms. The van der Waals surface area contributed by atoms with E-state index in [-0.39, 0.29) is 5.82 Å². The van der Waals surface area contributed by atoms with E-state index in [1.54, 1.807) is 12.4 Å². The summed E-state index contributed by atoms with van der Waals surface area (Å²) in [7, 11) is 0. The summed E-state index contributed by atoms with van der Waals surface area (Å²) in [4.78, 5) is 13.9. The number of halogens is 1. The molecule has 110 valence electrons. The Balaban J connectivity index is 1.63. The molecule has 0 atom stereocenters. The maximum absolute atomic E-state index is 13.3. The fourth-order valence-corrected chi connectivity index (χ4v) is 2.91. The van der Waals surface area contributed by atoms with Crippen LogP contribution in [0.3, 0.4) is 0 Å². The Kier molecular flexibility index (Phi) is 3.11. The van der Waals surface area contributed by atoms with Gasteiger partial charge in [-0.15, -0.1) is 0 Å². The van der Waals surface area contributed by atoms with E-state index in [2.05, 4.69) is 25.9 Å². The lowest BCUT2D eigenvalue weighted by Gasteiger charge is -2.26. The molecule has 3 aromatic rings. The lowest BCUT2D eigenvalue weighted by Crippen LogP contribution is -2.29. The predicted molar refractivity (Wildman–Crippen MR) is 85.1 cm³/mol. The number of anilines is 1. The zero-order valence-corrected chi connectivity index (χ0v) is 12.0. The summed E-state index contributed by atoms with van der Waals surface area (Å²) in [6.07, 6.45) is 8.60. The SMILES string of the molecule is Fc1ccc2c(C3=CCN(c4ncccn4)CC3)c[nH]c2c1. The smallest absolute Gasteiger partial charge is 0.225 e. The average molecular weight is 294 g/mol. The Morgan fingerprint density at radius 3 is 2.82 bits per heavy atom. The van der Waals surface area contributed by atoms with E-state index in [1.807, 2.05) is 18.3 Å². The maximum atomic E-state index is 13.3. The first-order chi connectivity index (χ1) is 10.8. The van der Waals surface area contributed by atoms with Gasteiger partial charge in [0.15, 0.2) is 0 Å². The van der Waals surface area contributed by atoms with Crippen molar-refractivity contribution in [1.29, 1.82) is 0 Å². The summed E-state index contributed by atoms with van der Waals surface area (Å²) in [5, 5.41) is 1.07. The molecule has 5 heteroatoms. The number of aromatic nitrogens is 3. The molecule has 0 saturated heterocycles. The predicted octanol–water partition coefficient (Wildman–Crippen LogP) is 3.39. The van der Waals surface area contributed by atoms with Crippen molar-refractivity contribution in [3.8, 4) is 0 Å². The molecule has 4 rings (SSSR count). The van der Waals surface area contributed by atoms with E-state index in [0.717, 1.165) is 41.9 Å². The van der Waals surface area contributed by atoms with Gasteiger partial charge in [0.2, 0.25) is 5.95 Å². The first-order valence-electron chi connectivity index (χ1n) is 7.29. The van der Waals surface area contributed by atoms with Gasteiger partial charge in [-0.1, -0.05) is 6.08 Å². The number of aromatic amines is 1. The van der Waals surface area contributed by atoms with Crippen molar-refractivity contribution in [3.63, 3.8) is 0 Å². The summed E-state index contributed by atoms with van der Waals surface area (Å²) in [6.45, 7) is 1.66. The van der Waals surface area contributed by atoms with Crippen LogP contribution in [0.15, 0.2) is 48.9 Å². The quantitative estimate of drug-likeness (QED) is 0.788. The van der Waals surface area contributed by atoms with Crippen LogP contribution < -0.4 is 4.90 Å². The minimum absolute atomic E-state index is 0.217. The summed E-state index contributed by atoms with van der Waals surface area (Å²) in [5.74, 6) is 0.546. The number of benzene rings is 1. The topological polar surface area (TPSA) is 44.8 Å². The Morgan fingerprint density at radius 1 is 1.18 bits per heavy atom. The summed E-state index contributed by atoms with van der Waals surface area (Å²) >= 11 is 0. The van der Waals surface area contributed by atoms with Gasteiger partial charge in [0.1, 0.15) is 5.82 Å².